The summed E-state index contributed by atoms with van der Waals surface area (Å²) in [4.78, 5) is 4.68. The van der Waals surface area contributed by atoms with E-state index in [9.17, 15) is 0 Å². The second-order valence-electron chi connectivity index (χ2n) is 6.22. The van der Waals surface area contributed by atoms with E-state index in [0.29, 0.717) is 5.41 Å². The van der Waals surface area contributed by atoms with Crippen LogP contribution in [0.3, 0.4) is 0 Å². The molecule has 0 radical (unpaired) electrons. The Hall–Kier alpha value is -1.09. The van der Waals surface area contributed by atoms with E-state index in [1.807, 2.05) is 0 Å². The van der Waals surface area contributed by atoms with Gasteiger partial charge in [-0.05, 0) is 42.9 Å². The van der Waals surface area contributed by atoms with Crippen molar-refractivity contribution in [2.75, 3.05) is 11.9 Å². The first-order valence-electron chi connectivity index (χ1n) is 7.26. The fourth-order valence-corrected chi connectivity index (χ4v) is 3.94. The monoisotopic (exact) mass is 274 g/mol. The van der Waals surface area contributed by atoms with Crippen LogP contribution in [0.2, 0.25) is 0 Å². The van der Waals surface area contributed by atoms with E-state index in [1.165, 1.54) is 42.4 Å². The van der Waals surface area contributed by atoms with Crippen molar-refractivity contribution in [3.05, 3.63) is 23.8 Å². The fourth-order valence-electron chi connectivity index (χ4n) is 2.98. The van der Waals surface area contributed by atoms with Crippen LogP contribution in [-0.2, 0) is 0 Å². The molecule has 1 aromatic carbocycles. The van der Waals surface area contributed by atoms with Crippen LogP contribution < -0.4 is 5.32 Å². The highest BCUT2D eigenvalue weighted by Gasteiger charge is 2.26. The molecule has 0 bridgehead atoms. The van der Waals surface area contributed by atoms with E-state index in [0.717, 1.165) is 17.2 Å². The van der Waals surface area contributed by atoms with Gasteiger partial charge in [-0.1, -0.05) is 43.6 Å². The standard InChI is InChI=1S/C16H22N2S/c1-12-6-7-13-14(10-12)19-15(18-13)17-11-16(2)8-4-3-5-9-16/h6-7,10H,3-5,8-9,11H2,1-2H3,(H,17,18). The molecule has 1 heterocycles. The lowest BCUT2D eigenvalue weighted by atomic mass is 9.76. The van der Waals surface area contributed by atoms with E-state index in [2.05, 4.69) is 42.3 Å². The van der Waals surface area contributed by atoms with Crippen molar-refractivity contribution >= 4 is 26.7 Å². The zero-order valence-corrected chi connectivity index (χ0v) is 12.6. The number of nitrogens with one attached hydrogen (secondary N) is 1. The molecule has 0 amide bonds. The van der Waals surface area contributed by atoms with Gasteiger partial charge in [-0.25, -0.2) is 4.98 Å². The van der Waals surface area contributed by atoms with E-state index in [4.69, 9.17) is 0 Å². The summed E-state index contributed by atoms with van der Waals surface area (Å²) in [5.74, 6) is 0. The number of thiazole rings is 1. The SMILES string of the molecule is Cc1ccc2nc(NCC3(C)CCCCC3)sc2c1. The Balaban J connectivity index is 1.71. The Bertz CT molecular complexity index is 567. The van der Waals surface area contributed by atoms with E-state index >= 15 is 0 Å². The van der Waals surface area contributed by atoms with Crippen LogP contribution in [0.25, 0.3) is 10.2 Å². The zero-order valence-electron chi connectivity index (χ0n) is 11.8. The number of aryl methyl sites for hydroxylation is 1. The van der Waals surface area contributed by atoms with Crippen molar-refractivity contribution in [1.82, 2.24) is 4.98 Å². The van der Waals surface area contributed by atoms with Gasteiger partial charge < -0.3 is 5.32 Å². The van der Waals surface area contributed by atoms with Crippen molar-refractivity contribution in [2.45, 2.75) is 46.0 Å². The lowest BCUT2D eigenvalue weighted by Crippen LogP contribution is -2.28. The molecule has 1 aliphatic carbocycles. The van der Waals surface area contributed by atoms with Crippen molar-refractivity contribution in [1.29, 1.82) is 0 Å². The van der Waals surface area contributed by atoms with E-state index < -0.39 is 0 Å². The lowest BCUT2D eigenvalue weighted by molar-refractivity contribution is 0.233. The average molecular weight is 274 g/mol. The molecule has 3 rings (SSSR count). The third kappa shape index (κ3) is 2.92. The highest BCUT2D eigenvalue weighted by atomic mass is 32.1. The van der Waals surface area contributed by atoms with Crippen LogP contribution >= 0.6 is 11.3 Å². The third-order valence-electron chi connectivity index (χ3n) is 4.27. The van der Waals surface area contributed by atoms with Gasteiger partial charge in [0, 0.05) is 6.54 Å². The Labute approximate surface area is 119 Å². The third-order valence-corrected chi connectivity index (χ3v) is 5.25. The van der Waals surface area contributed by atoms with Gasteiger partial charge in [0.1, 0.15) is 0 Å². The largest absolute Gasteiger partial charge is 0.361 e. The van der Waals surface area contributed by atoms with E-state index in [1.54, 1.807) is 11.3 Å². The van der Waals surface area contributed by atoms with Crippen molar-refractivity contribution in [2.24, 2.45) is 5.41 Å². The van der Waals surface area contributed by atoms with Crippen LogP contribution in [0.5, 0.6) is 0 Å². The van der Waals surface area contributed by atoms with Crippen LogP contribution in [-0.4, -0.2) is 11.5 Å². The molecule has 2 aromatic rings. The molecule has 1 N–H and O–H groups in total. The van der Waals surface area contributed by atoms with Gasteiger partial charge in [0.15, 0.2) is 5.13 Å². The normalized spacial score (nSPS) is 18.6. The fraction of sp³-hybridized carbons (Fsp3) is 0.562. The Morgan fingerprint density at radius 3 is 2.84 bits per heavy atom. The number of fused-ring (bicyclic) bond motifs is 1. The van der Waals surface area contributed by atoms with Crippen molar-refractivity contribution in [3.8, 4) is 0 Å². The summed E-state index contributed by atoms with van der Waals surface area (Å²) >= 11 is 1.78. The Morgan fingerprint density at radius 2 is 2.05 bits per heavy atom. The number of hydrogen-bond donors (Lipinski definition) is 1. The number of aromatic nitrogens is 1. The summed E-state index contributed by atoms with van der Waals surface area (Å²) in [6.45, 7) is 5.61. The van der Waals surface area contributed by atoms with Crippen LogP contribution in [0, 0.1) is 12.3 Å². The first-order chi connectivity index (χ1) is 9.15. The smallest absolute Gasteiger partial charge is 0.183 e. The molecule has 2 nitrogen and oxygen atoms in total. The number of anilines is 1. The van der Waals surface area contributed by atoms with Crippen molar-refractivity contribution in [3.63, 3.8) is 0 Å². The predicted octanol–water partition coefficient (Wildman–Crippen LogP) is 4.99. The van der Waals surface area contributed by atoms with Crippen molar-refractivity contribution < 1.29 is 0 Å². The highest BCUT2D eigenvalue weighted by Crippen LogP contribution is 2.36. The van der Waals surface area contributed by atoms with Gasteiger partial charge in [-0.15, -0.1) is 0 Å². The first-order valence-corrected chi connectivity index (χ1v) is 8.07. The number of hydrogen-bond acceptors (Lipinski definition) is 3. The summed E-state index contributed by atoms with van der Waals surface area (Å²) < 4.78 is 1.29. The first kappa shape index (κ1) is 12.9. The van der Waals surface area contributed by atoms with Gasteiger partial charge in [-0.3, -0.25) is 0 Å². The molecular weight excluding hydrogens is 252 g/mol. The molecule has 1 fully saturated rings. The highest BCUT2D eigenvalue weighted by molar-refractivity contribution is 7.22. The van der Waals surface area contributed by atoms with Crippen LogP contribution in [0.15, 0.2) is 18.2 Å². The summed E-state index contributed by atoms with van der Waals surface area (Å²) in [5, 5.41) is 4.65. The maximum atomic E-state index is 4.68. The van der Waals surface area contributed by atoms with Gasteiger partial charge in [0.25, 0.3) is 0 Å². The molecule has 19 heavy (non-hydrogen) atoms. The van der Waals surface area contributed by atoms with Crippen LogP contribution in [0.4, 0.5) is 5.13 Å². The molecule has 1 aliphatic rings. The Kier molecular flexibility index (Phi) is 3.48. The number of rotatable bonds is 3. The molecule has 0 unspecified atom stereocenters. The molecule has 0 spiro atoms. The maximum absolute atomic E-state index is 4.68. The molecular formula is C16H22N2S. The molecule has 0 atom stereocenters. The zero-order chi connectivity index (χ0) is 13.3. The minimum atomic E-state index is 0.464. The van der Waals surface area contributed by atoms with Crippen LogP contribution in [0.1, 0.15) is 44.6 Å². The molecule has 0 aliphatic heterocycles. The molecule has 3 heteroatoms. The molecule has 102 valence electrons. The maximum Gasteiger partial charge on any atom is 0.183 e. The topological polar surface area (TPSA) is 24.9 Å². The summed E-state index contributed by atoms with van der Waals surface area (Å²) in [6, 6.07) is 6.48. The second-order valence-corrected chi connectivity index (χ2v) is 7.25. The summed E-state index contributed by atoms with van der Waals surface area (Å²) in [6.07, 6.45) is 6.89. The summed E-state index contributed by atoms with van der Waals surface area (Å²) in [5.41, 5.74) is 2.89. The predicted molar refractivity (Wildman–Crippen MR) is 84.0 cm³/mol. The minimum absolute atomic E-state index is 0.464. The van der Waals surface area contributed by atoms with Gasteiger partial charge in [0.2, 0.25) is 0 Å². The number of nitrogens with zero attached hydrogens (tertiary/aromatic N) is 1. The molecule has 1 saturated carbocycles. The summed E-state index contributed by atoms with van der Waals surface area (Å²) in [7, 11) is 0. The Morgan fingerprint density at radius 1 is 1.26 bits per heavy atom. The van der Waals surface area contributed by atoms with Gasteiger partial charge >= 0.3 is 0 Å². The average Bonchev–Trinajstić information content (AvgIpc) is 2.79. The second kappa shape index (κ2) is 5.12. The lowest BCUT2D eigenvalue weighted by Gasteiger charge is -2.33. The number of benzene rings is 1. The minimum Gasteiger partial charge on any atom is -0.361 e. The quantitative estimate of drug-likeness (QED) is 0.853. The van der Waals surface area contributed by atoms with E-state index in [-0.39, 0.29) is 0 Å². The molecule has 0 saturated heterocycles. The molecule has 1 aromatic heterocycles. The van der Waals surface area contributed by atoms with Gasteiger partial charge in [0.05, 0.1) is 10.2 Å². The van der Waals surface area contributed by atoms with Gasteiger partial charge in [-0.2, -0.15) is 0 Å².